The van der Waals surface area contributed by atoms with Crippen LogP contribution in [0.1, 0.15) is 10.5 Å². The van der Waals surface area contributed by atoms with E-state index in [0.29, 0.717) is 50.8 Å². The van der Waals surface area contributed by atoms with Crippen LogP contribution in [0.15, 0.2) is 36.5 Å². The summed E-state index contributed by atoms with van der Waals surface area (Å²) in [5.41, 5.74) is 1.97. The molecule has 1 N–H and O–H groups in total. The van der Waals surface area contributed by atoms with Gasteiger partial charge in [-0.15, -0.1) is 0 Å². The topological polar surface area (TPSA) is 84.0 Å². The maximum Gasteiger partial charge on any atom is 0.272 e. The number of pyridine rings is 1. The molecule has 1 fully saturated rings. The summed E-state index contributed by atoms with van der Waals surface area (Å²) in [5, 5.41) is 3.27. The molecule has 1 saturated heterocycles. The third-order valence-corrected chi connectivity index (χ3v) is 4.56. The van der Waals surface area contributed by atoms with Crippen LogP contribution in [0.4, 0.5) is 11.4 Å². The van der Waals surface area contributed by atoms with Gasteiger partial charge in [0.1, 0.15) is 18.9 Å². The van der Waals surface area contributed by atoms with Gasteiger partial charge in [0.2, 0.25) is 6.41 Å². The van der Waals surface area contributed by atoms with E-state index in [1.54, 1.807) is 28.1 Å². The molecule has 27 heavy (non-hydrogen) atoms. The molecule has 1 aromatic carbocycles. The highest BCUT2D eigenvalue weighted by Crippen LogP contribution is 2.33. The van der Waals surface area contributed by atoms with Crippen molar-refractivity contribution in [2.45, 2.75) is 0 Å². The van der Waals surface area contributed by atoms with Crippen LogP contribution < -0.4 is 14.8 Å². The van der Waals surface area contributed by atoms with E-state index in [0.717, 1.165) is 23.5 Å². The molecule has 0 aliphatic carbocycles. The van der Waals surface area contributed by atoms with Crippen molar-refractivity contribution in [2.24, 2.45) is 0 Å². The Morgan fingerprint density at radius 1 is 1.00 bits per heavy atom. The molecule has 0 bridgehead atoms. The summed E-state index contributed by atoms with van der Waals surface area (Å²) < 4.78 is 11.1. The number of carbonyl (C=O) groups is 2. The Hall–Kier alpha value is -3.29. The van der Waals surface area contributed by atoms with Gasteiger partial charge in [0.15, 0.2) is 11.5 Å². The van der Waals surface area contributed by atoms with Crippen molar-refractivity contribution in [1.82, 2.24) is 14.8 Å². The Balaban J connectivity index is 1.46. The molecule has 0 unspecified atom stereocenters. The van der Waals surface area contributed by atoms with E-state index < -0.39 is 0 Å². The van der Waals surface area contributed by atoms with Crippen molar-refractivity contribution < 1.29 is 19.1 Å². The maximum absolute atomic E-state index is 12.7. The highest BCUT2D eigenvalue weighted by Gasteiger charge is 2.22. The maximum atomic E-state index is 12.7. The van der Waals surface area contributed by atoms with E-state index >= 15 is 0 Å². The molecule has 140 valence electrons. The Labute approximate surface area is 156 Å². The summed E-state index contributed by atoms with van der Waals surface area (Å²) >= 11 is 0. The summed E-state index contributed by atoms with van der Waals surface area (Å²) in [7, 11) is 0. The smallest absolute Gasteiger partial charge is 0.272 e. The lowest BCUT2D eigenvalue weighted by atomic mass is 10.2. The lowest BCUT2D eigenvalue weighted by Gasteiger charge is -2.32. The monoisotopic (exact) mass is 368 g/mol. The van der Waals surface area contributed by atoms with Gasteiger partial charge in [-0.05, 0) is 24.3 Å². The van der Waals surface area contributed by atoms with Crippen LogP contribution >= 0.6 is 0 Å². The van der Waals surface area contributed by atoms with Crippen molar-refractivity contribution in [2.75, 3.05) is 44.7 Å². The Morgan fingerprint density at radius 3 is 2.52 bits per heavy atom. The Morgan fingerprint density at radius 2 is 1.74 bits per heavy atom. The van der Waals surface area contributed by atoms with E-state index in [4.69, 9.17) is 9.47 Å². The summed E-state index contributed by atoms with van der Waals surface area (Å²) in [4.78, 5) is 31.1. The molecule has 3 heterocycles. The van der Waals surface area contributed by atoms with E-state index in [1.165, 1.54) is 0 Å². The lowest BCUT2D eigenvalue weighted by molar-refractivity contribution is -0.119. The van der Waals surface area contributed by atoms with Gasteiger partial charge in [-0.1, -0.05) is 0 Å². The van der Waals surface area contributed by atoms with Gasteiger partial charge < -0.3 is 24.6 Å². The molecule has 2 aliphatic rings. The average molecular weight is 368 g/mol. The fraction of sp³-hybridized carbons (Fsp3) is 0.316. The number of hydrogen-bond acceptors (Lipinski definition) is 6. The van der Waals surface area contributed by atoms with Crippen LogP contribution in [0.5, 0.6) is 11.5 Å². The fourth-order valence-corrected chi connectivity index (χ4v) is 3.11. The second-order valence-electron chi connectivity index (χ2n) is 6.35. The van der Waals surface area contributed by atoms with Gasteiger partial charge >= 0.3 is 0 Å². The first kappa shape index (κ1) is 17.1. The van der Waals surface area contributed by atoms with Gasteiger partial charge in [-0.3, -0.25) is 14.6 Å². The number of ether oxygens (including phenoxy) is 2. The summed E-state index contributed by atoms with van der Waals surface area (Å²) in [6, 6.07) is 9.16. The van der Waals surface area contributed by atoms with Crippen molar-refractivity contribution in [3.63, 3.8) is 0 Å². The fourth-order valence-electron chi connectivity index (χ4n) is 3.11. The van der Waals surface area contributed by atoms with Gasteiger partial charge in [-0.2, -0.15) is 0 Å². The molecule has 8 nitrogen and oxygen atoms in total. The zero-order chi connectivity index (χ0) is 18.6. The van der Waals surface area contributed by atoms with Crippen molar-refractivity contribution in [3.05, 3.63) is 42.2 Å². The second kappa shape index (κ2) is 7.53. The zero-order valence-electron chi connectivity index (χ0n) is 14.8. The van der Waals surface area contributed by atoms with Crippen LogP contribution in [0.2, 0.25) is 0 Å². The molecule has 0 spiro atoms. The van der Waals surface area contributed by atoms with Crippen molar-refractivity contribution >= 4 is 23.7 Å². The first-order chi connectivity index (χ1) is 13.2. The minimum atomic E-state index is -0.133. The predicted molar refractivity (Wildman–Crippen MR) is 98.5 cm³/mol. The van der Waals surface area contributed by atoms with Crippen LogP contribution in [0.3, 0.4) is 0 Å². The number of fused-ring (bicyclic) bond motifs is 1. The molecule has 4 rings (SSSR count). The highest BCUT2D eigenvalue weighted by molar-refractivity contribution is 5.93. The minimum Gasteiger partial charge on any atom is -0.486 e. The summed E-state index contributed by atoms with van der Waals surface area (Å²) in [6.07, 6.45) is 2.42. The van der Waals surface area contributed by atoms with E-state index in [2.05, 4.69) is 10.3 Å². The molecule has 0 saturated carbocycles. The van der Waals surface area contributed by atoms with Crippen molar-refractivity contribution in [3.8, 4) is 11.5 Å². The number of anilines is 2. The number of piperazine rings is 1. The molecule has 1 aromatic heterocycles. The molecule has 2 amide bonds. The van der Waals surface area contributed by atoms with E-state index in [-0.39, 0.29) is 5.91 Å². The number of aromatic nitrogens is 1. The Kier molecular flexibility index (Phi) is 4.78. The normalized spacial score (nSPS) is 16.0. The van der Waals surface area contributed by atoms with E-state index in [1.807, 2.05) is 18.2 Å². The van der Waals surface area contributed by atoms with Crippen LogP contribution in [0.25, 0.3) is 0 Å². The molecular formula is C19H20N4O4. The predicted octanol–water partition coefficient (Wildman–Crippen LogP) is 1.51. The van der Waals surface area contributed by atoms with Crippen LogP contribution in [-0.2, 0) is 4.79 Å². The number of nitrogens with one attached hydrogen (secondary N) is 1. The first-order valence-electron chi connectivity index (χ1n) is 8.84. The summed E-state index contributed by atoms with van der Waals surface area (Å²) in [6.45, 7) is 3.20. The second-order valence-corrected chi connectivity index (χ2v) is 6.35. The molecule has 2 aliphatic heterocycles. The molecule has 2 aromatic rings. The third kappa shape index (κ3) is 3.79. The SMILES string of the molecule is O=CN1CCN(C(=O)c2cc(Nc3ccc4c(c3)OCCO4)ccn2)CC1. The number of rotatable bonds is 4. The quantitative estimate of drug-likeness (QED) is 0.824. The number of hydrogen-bond donors (Lipinski definition) is 1. The molecule has 8 heteroatoms. The third-order valence-electron chi connectivity index (χ3n) is 4.56. The van der Waals surface area contributed by atoms with Crippen LogP contribution in [0, 0.1) is 0 Å². The lowest BCUT2D eigenvalue weighted by Crippen LogP contribution is -2.48. The number of carbonyl (C=O) groups excluding carboxylic acids is 2. The van der Waals surface area contributed by atoms with Crippen molar-refractivity contribution in [1.29, 1.82) is 0 Å². The average Bonchev–Trinajstić information content (AvgIpc) is 2.73. The summed E-state index contributed by atoms with van der Waals surface area (Å²) in [5.74, 6) is 1.29. The van der Waals surface area contributed by atoms with Crippen LogP contribution in [-0.4, -0.2) is 66.5 Å². The van der Waals surface area contributed by atoms with Gasteiger partial charge in [-0.25, -0.2) is 0 Å². The van der Waals surface area contributed by atoms with Gasteiger partial charge in [0, 0.05) is 49.8 Å². The largest absolute Gasteiger partial charge is 0.486 e. The number of benzene rings is 1. The highest BCUT2D eigenvalue weighted by atomic mass is 16.6. The molecule has 0 radical (unpaired) electrons. The number of nitrogens with zero attached hydrogens (tertiary/aromatic N) is 3. The number of amides is 2. The zero-order valence-corrected chi connectivity index (χ0v) is 14.8. The standard InChI is InChI=1S/C19H20N4O4/c24-13-22-5-7-23(8-6-22)19(25)16-11-15(3-4-20-16)21-14-1-2-17-18(12-14)27-10-9-26-17/h1-4,11-13H,5-10H2,(H,20,21). The van der Waals surface area contributed by atoms with Gasteiger partial charge in [0.05, 0.1) is 0 Å². The minimum absolute atomic E-state index is 0.133. The van der Waals surface area contributed by atoms with E-state index in [9.17, 15) is 9.59 Å². The Bertz CT molecular complexity index is 849. The first-order valence-corrected chi connectivity index (χ1v) is 8.84. The molecule has 0 atom stereocenters. The molecular weight excluding hydrogens is 348 g/mol. The van der Waals surface area contributed by atoms with Gasteiger partial charge in [0.25, 0.3) is 5.91 Å².